The molecule has 110 valence electrons. The molecule has 20 heavy (non-hydrogen) atoms. The Balaban J connectivity index is 1.62. The van der Waals surface area contributed by atoms with E-state index in [0.717, 1.165) is 30.6 Å². The second-order valence-electron chi connectivity index (χ2n) is 6.39. The fourth-order valence-electron chi connectivity index (χ4n) is 4.03. The number of hydrogen-bond donors (Lipinski definition) is 1. The first-order chi connectivity index (χ1) is 9.74. The molecule has 1 aromatic rings. The minimum Gasteiger partial charge on any atom is -0.313 e. The van der Waals surface area contributed by atoms with E-state index in [1.165, 1.54) is 25.7 Å². The maximum absolute atomic E-state index is 11.1. The van der Waals surface area contributed by atoms with Crippen molar-refractivity contribution in [1.29, 1.82) is 0 Å². The van der Waals surface area contributed by atoms with Crippen LogP contribution in [0.1, 0.15) is 30.4 Å². The van der Waals surface area contributed by atoms with E-state index in [9.17, 15) is 4.21 Å². The summed E-state index contributed by atoms with van der Waals surface area (Å²) in [6.45, 7) is 1.02. The van der Waals surface area contributed by atoms with Gasteiger partial charge in [0.05, 0.1) is 0 Å². The van der Waals surface area contributed by atoms with E-state index in [0.29, 0.717) is 6.04 Å². The second-order valence-corrected chi connectivity index (χ2v) is 7.94. The van der Waals surface area contributed by atoms with Crippen LogP contribution in [0.25, 0.3) is 0 Å². The minimum absolute atomic E-state index is 0.650. The third-order valence-electron chi connectivity index (χ3n) is 5.00. The van der Waals surface area contributed by atoms with Crippen LogP contribution in [0.4, 0.5) is 0 Å². The van der Waals surface area contributed by atoms with Gasteiger partial charge in [-0.25, -0.2) is 0 Å². The Morgan fingerprint density at radius 2 is 1.75 bits per heavy atom. The highest BCUT2D eigenvalue weighted by molar-refractivity contribution is 7.84. The largest absolute Gasteiger partial charge is 0.313 e. The Hall–Kier alpha value is -0.670. The average Bonchev–Trinajstić information content (AvgIpc) is 2.69. The molecule has 1 aromatic carbocycles. The highest BCUT2D eigenvalue weighted by atomic mass is 32.2. The Kier molecular flexibility index (Phi) is 4.57. The fraction of sp³-hybridized carbons (Fsp3) is 0.647. The lowest BCUT2D eigenvalue weighted by molar-refractivity contribution is 0.343. The highest BCUT2D eigenvalue weighted by Crippen LogP contribution is 2.39. The quantitative estimate of drug-likeness (QED) is 0.845. The van der Waals surface area contributed by atoms with Gasteiger partial charge in [0.25, 0.3) is 0 Å². The first kappa shape index (κ1) is 14.3. The van der Waals surface area contributed by atoms with E-state index in [1.807, 2.05) is 0 Å². The lowest BCUT2D eigenvalue weighted by Gasteiger charge is -2.23. The zero-order valence-electron chi connectivity index (χ0n) is 12.3. The van der Waals surface area contributed by atoms with Crippen LogP contribution in [0.2, 0.25) is 0 Å². The van der Waals surface area contributed by atoms with Gasteiger partial charge in [0.15, 0.2) is 0 Å². The van der Waals surface area contributed by atoms with Crippen LogP contribution in [0, 0.1) is 11.8 Å². The van der Waals surface area contributed by atoms with Crippen LogP contribution >= 0.6 is 0 Å². The number of rotatable bonds is 5. The molecule has 1 N–H and O–H groups in total. The van der Waals surface area contributed by atoms with E-state index >= 15 is 0 Å². The first-order valence-corrected chi connectivity index (χ1v) is 9.57. The molecule has 0 aromatic heterocycles. The van der Waals surface area contributed by atoms with Crippen molar-refractivity contribution in [3.63, 3.8) is 0 Å². The Bertz CT molecular complexity index is 455. The standard InChI is InChI=1S/C17H25NOS/c1-20(19)10-4-9-18-17-15-7-8-16(17)12-14-6-3-2-5-13(14)11-15/h2-3,5-6,15-18H,4,7-12H2,1H3. The molecule has 0 radical (unpaired) electrons. The summed E-state index contributed by atoms with van der Waals surface area (Å²) in [5.74, 6) is 2.43. The van der Waals surface area contributed by atoms with E-state index in [1.54, 1.807) is 17.4 Å². The van der Waals surface area contributed by atoms with E-state index in [2.05, 4.69) is 29.6 Å². The van der Waals surface area contributed by atoms with Crippen LogP contribution in [-0.4, -0.2) is 28.8 Å². The van der Waals surface area contributed by atoms with Crippen LogP contribution in [0.15, 0.2) is 24.3 Å². The number of fused-ring (bicyclic) bond motifs is 3. The van der Waals surface area contributed by atoms with Crippen molar-refractivity contribution in [3.8, 4) is 0 Å². The van der Waals surface area contributed by atoms with E-state index < -0.39 is 10.8 Å². The van der Waals surface area contributed by atoms with Crippen molar-refractivity contribution in [2.45, 2.75) is 38.1 Å². The molecule has 2 nitrogen and oxygen atoms in total. The maximum atomic E-state index is 11.1. The molecular formula is C17H25NOS. The zero-order valence-corrected chi connectivity index (χ0v) is 13.1. The highest BCUT2D eigenvalue weighted by Gasteiger charge is 2.38. The summed E-state index contributed by atoms with van der Waals surface area (Å²) in [6, 6.07) is 9.65. The Morgan fingerprint density at radius 3 is 2.30 bits per heavy atom. The molecule has 3 unspecified atom stereocenters. The van der Waals surface area contributed by atoms with Gasteiger partial charge in [-0.05, 0) is 61.6 Å². The number of hydrogen-bond acceptors (Lipinski definition) is 2. The van der Waals surface area contributed by atoms with Crippen LogP contribution < -0.4 is 5.32 Å². The van der Waals surface area contributed by atoms with Crippen molar-refractivity contribution < 1.29 is 4.21 Å². The molecular weight excluding hydrogens is 266 g/mol. The summed E-state index contributed by atoms with van der Waals surface area (Å²) < 4.78 is 11.1. The molecule has 2 aliphatic rings. The van der Waals surface area contributed by atoms with E-state index in [-0.39, 0.29) is 0 Å². The summed E-state index contributed by atoms with van der Waals surface area (Å²) in [5, 5.41) is 3.78. The minimum atomic E-state index is -0.650. The zero-order chi connectivity index (χ0) is 13.9. The molecule has 1 saturated carbocycles. The Labute approximate surface area is 124 Å². The predicted molar refractivity (Wildman–Crippen MR) is 85.4 cm³/mol. The second kappa shape index (κ2) is 6.40. The van der Waals surface area contributed by atoms with Gasteiger partial charge in [0, 0.05) is 28.9 Å². The number of benzene rings is 1. The summed E-state index contributed by atoms with van der Waals surface area (Å²) in [7, 11) is -0.650. The molecule has 0 aliphatic heterocycles. The lowest BCUT2D eigenvalue weighted by atomic mass is 9.94. The smallest absolute Gasteiger partial charge is 0.0244 e. The van der Waals surface area contributed by atoms with Gasteiger partial charge in [-0.2, -0.15) is 0 Å². The summed E-state index contributed by atoms with van der Waals surface area (Å²) in [6.07, 6.45) is 8.05. The van der Waals surface area contributed by atoms with Crippen LogP contribution in [0.5, 0.6) is 0 Å². The first-order valence-electron chi connectivity index (χ1n) is 7.84. The molecule has 2 aliphatic carbocycles. The van der Waals surface area contributed by atoms with Gasteiger partial charge >= 0.3 is 0 Å². The molecule has 0 heterocycles. The van der Waals surface area contributed by atoms with Crippen molar-refractivity contribution in [1.82, 2.24) is 5.32 Å². The van der Waals surface area contributed by atoms with Crippen molar-refractivity contribution in [2.24, 2.45) is 11.8 Å². The average molecular weight is 291 g/mol. The molecule has 3 heteroatoms. The topological polar surface area (TPSA) is 29.1 Å². The van der Waals surface area contributed by atoms with Crippen molar-refractivity contribution >= 4 is 10.8 Å². The Morgan fingerprint density at radius 1 is 1.15 bits per heavy atom. The molecule has 0 amide bonds. The van der Waals surface area contributed by atoms with Gasteiger partial charge in [0.2, 0.25) is 0 Å². The van der Waals surface area contributed by atoms with Crippen molar-refractivity contribution in [2.75, 3.05) is 18.6 Å². The summed E-state index contributed by atoms with van der Waals surface area (Å²) >= 11 is 0. The third kappa shape index (κ3) is 3.15. The SMILES string of the molecule is CS(=O)CCCNC1C2CCC1Cc1ccccc1C2. The van der Waals surface area contributed by atoms with Gasteiger partial charge in [-0.3, -0.25) is 4.21 Å². The normalized spacial score (nSPS) is 29.8. The molecule has 3 rings (SSSR count). The van der Waals surface area contributed by atoms with Crippen molar-refractivity contribution in [3.05, 3.63) is 35.4 Å². The summed E-state index contributed by atoms with van der Waals surface area (Å²) in [5.41, 5.74) is 3.14. The van der Waals surface area contributed by atoms with Gasteiger partial charge in [0.1, 0.15) is 0 Å². The number of nitrogens with one attached hydrogen (secondary N) is 1. The third-order valence-corrected chi connectivity index (χ3v) is 5.86. The summed E-state index contributed by atoms with van der Waals surface area (Å²) in [4.78, 5) is 0. The molecule has 0 saturated heterocycles. The molecule has 3 atom stereocenters. The van der Waals surface area contributed by atoms with Gasteiger partial charge < -0.3 is 5.32 Å². The van der Waals surface area contributed by atoms with Gasteiger partial charge in [-0.1, -0.05) is 24.3 Å². The lowest BCUT2D eigenvalue weighted by Crippen LogP contribution is -2.38. The predicted octanol–water partition coefficient (Wildman–Crippen LogP) is 2.54. The molecule has 0 spiro atoms. The van der Waals surface area contributed by atoms with Crippen LogP contribution in [-0.2, 0) is 23.6 Å². The monoisotopic (exact) mass is 291 g/mol. The van der Waals surface area contributed by atoms with Crippen LogP contribution in [0.3, 0.4) is 0 Å². The molecule has 2 bridgehead atoms. The maximum Gasteiger partial charge on any atom is 0.0244 e. The fourth-order valence-corrected chi connectivity index (χ4v) is 4.58. The van der Waals surface area contributed by atoms with Gasteiger partial charge in [-0.15, -0.1) is 0 Å². The van der Waals surface area contributed by atoms with E-state index in [4.69, 9.17) is 0 Å². The molecule has 1 fully saturated rings.